The molecule has 0 atom stereocenters. The van der Waals surface area contributed by atoms with Crippen LogP contribution in [0.5, 0.6) is 0 Å². The normalized spacial score (nSPS) is 13.9. The Kier molecular flexibility index (Phi) is 6.63. The fraction of sp³-hybridized carbons (Fsp3) is 0.211. The van der Waals surface area contributed by atoms with Crippen molar-refractivity contribution in [2.45, 2.75) is 12.8 Å². The van der Waals surface area contributed by atoms with Crippen LogP contribution in [0, 0.1) is 0 Å². The highest BCUT2D eigenvalue weighted by Crippen LogP contribution is 2.46. The molecule has 0 spiro atoms. The molecule has 1 aliphatic rings. The van der Waals surface area contributed by atoms with Crippen LogP contribution in [0.25, 0.3) is 0 Å². The van der Waals surface area contributed by atoms with E-state index in [-0.39, 0.29) is 14.5 Å². The minimum Gasteiger partial charge on any atom is -0.452 e. The molecule has 121 valence electrons. The third-order valence-electron chi connectivity index (χ3n) is 3.84. The summed E-state index contributed by atoms with van der Waals surface area (Å²) in [5.74, 6) is 0. The summed E-state index contributed by atoms with van der Waals surface area (Å²) in [5.41, 5.74) is 1.08. The number of methoxy groups -OCH3 is 1. The van der Waals surface area contributed by atoms with Crippen molar-refractivity contribution >= 4 is 33.0 Å². The predicted octanol–water partition coefficient (Wildman–Crippen LogP) is 3.44. The lowest BCUT2D eigenvalue weighted by atomic mass is 10.2. The van der Waals surface area contributed by atoms with Gasteiger partial charge in [-0.1, -0.05) is 66.7 Å². The number of rotatable bonds is 3. The molecule has 1 heterocycles. The van der Waals surface area contributed by atoms with Gasteiger partial charge in [-0.2, -0.15) is 0 Å². The molecule has 0 aromatic heterocycles. The van der Waals surface area contributed by atoms with Crippen LogP contribution < -0.4 is 10.6 Å². The maximum atomic E-state index is 12.2. The van der Waals surface area contributed by atoms with E-state index in [1.54, 1.807) is 4.90 Å². The number of carbonyl (C=O) groups excluding carboxylic acids is 1. The van der Waals surface area contributed by atoms with Crippen LogP contribution in [0.3, 0.4) is 0 Å². The molecule has 0 unspecified atom stereocenters. The number of benzene rings is 2. The van der Waals surface area contributed by atoms with Crippen LogP contribution in [-0.4, -0.2) is 33.1 Å². The summed E-state index contributed by atoms with van der Waals surface area (Å²) in [5, 5.41) is 2.49. The lowest BCUT2D eigenvalue weighted by Gasteiger charge is -2.33. The van der Waals surface area contributed by atoms with Gasteiger partial charge in [-0.05, 0) is 23.5 Å². The van der Waals surface area contributed by atoms with Crippen molar-refractivity contribution in [3.05, 3.63) is 72.2 Å². The van der Waals surface area contributed by atoms with Crippen molar-refractivity contribution in [1.82, 2.24) is 4.90 Å². The van der Waals surface area contributed by atoms with Gasteiger partial charge < -0.3 is 4.74 Å². The van der Waals surface area contributed by atoms with Crippen molar-refractivity contribution in [2.75, 3.05) is 13.7 Å². The van der Waals surface area contributed by atoms with E-state index >= 15 is 0 Å². The first-order valence-corrected chi connectivity index (χ1v) is 9.11. The van der Waals surface area contributed by atoms with Crippen molar-refractivity contribution in [3.63, 3.8) is 0 Å². The minimum atomic E-state index is -0.760. The highest BCUT2D eigenvalue weighted by atomic mass is 31.1. The smallest absolute Gasteiger partial charge is 0.414 e. The summed E-state index contributed by atoms with van der Waals surface area (Å²) in [6.45, 7) is 0.719. The second-order valence-electron chi connectivity index (χ2n) is 5.33. The van der Waals surface area contributed by atoms with E-state index < -0.39 is 7.92 Å². The Morgan fingerprint density at radius 1 is 1.00 bits per heavy atom. The summed E-state index contributed by atoms with van der Waals surface area (Å²) >= 11 is 0. The summed E-state index contributed by atoms with van der Waals surface area (Å²) in [6.07, 6.45) is 3.91. The van der Waals surface area contributed by atoms with Gasteiger partial charge in [0.1, 0.15) is 0 Å². The first kappa shape index (κ1) is 18.3. The van der Waals surface area contributed by atoms with Gasteiger partial charge >= 0.3 is 6.09 Å². The zero-order chi connectivity index (χ0) is 16.1. The quantitative estimate of drug-likeness (QED) is 0.635. The molecule has 5 heteroatoms. The fourth-order valence-electron chi connectivity index (χ4n) is 2.78. The Bertz CT molecular complexity index is 652. The summed E-state index contributed by atoms with van der Waals surface area (Å²) in [7, 11) is 0.686. The van der Waals surface area contributed by atoms with Gasteiger partial charge in [0.2, 0.25) is 0 Å². The zero-order valence-corrected chi connectivity index (χ0v) is 14.7. The lowest BCUT2D eigenvalue weighted by Crippen LogP contribution is -2.35. The van der Waals surface area contributed by atoms with E-state index in [4.69, 9.17) is 4.74 Å². The van der Waals surface area contributed by atoms with Gasteiger partial charge in [-0.25, -0.2) is 4.79 Å². The monoisotopic (exact) mass is 336 g/mol. The molecule has 0 aliphatic carbocycles. The molecule has 3 rings (SSSR count). The average molecular weight is 336 g/mol. The van der Waals surface area contributed by atoms with Gasteiger partial charge in [-0.15, -0.1) is 0 Å². The number of allylic oxidation sites excluding steroid dienone is 1. The molecular weight excluding hydrogens is 316 g/mol. The van der Waals surface area contributed by atoms with Crippen LogP contribution in [-0.2, 0) is 4.74 Å². The van der Waals surface area contributed by atoms with E-state index in [9.17, 15) is 4.79 Å². The number of carbonyl (C=O) groups is 1. The maximum Gasteiger partial charge on any atom is 0.414 e. The van der Waals surface area contributed by atoms with Gasteiger partial charge in [0.15, 0.2) is 0 Å². The SMILES string of the molecule is COC(=O)N1CCCC=C1P(c1ccccc1)c1ccccc1.[B]. The first-order chi connectivity index (χ1) is 11.3. The highest BCUT2D eigenvalue weighted by Gasteiger charge is 2.29. The number of nitrogens with zero attached hydrogens (tertiary/aromatic N) is 1. The topological polar surface area (TPSA) is 29.5 Å². The molecule has 3 radical (unpaired) electrons. The Labute approximate surface area is 146 Å². The molecule has 0 saturated carbocycles. The summed E-state index contributed by atoms with van der Waals surface area (Å²) in [6, 6.07) is 20.8. The molecule has 2 aromatic rings. The zero-order valence-electron chi connectivity index (χ0n) is 13.8. The Balaban J connectivity index is 0.00000208. The van der Waals surface area contributed by atoms with Gasteiger partial charge in [0.25, 0.3) is 0 Å². The van der Waals surface area contributed by atoms with Crippen LogP contribution >= 0.6 is 7.92 Å². The Morgan fingerprint density at radius 2 is 1.54 bits per heavy atom. The molecule has 3 nitrogen and oxygen atoms in total. The molecule has 1 aliphatic heterocycles. The Morgan fingerprint density at radius 3 is 2.04 bits per heavy atom. The fourth-order valence-corrected chi connectivity index (χ4v) is 5.28. The number of amides is 1. The average Bonchev–Trinajstić information content (AvgIpc) is 2.63. The predicted molar refractivity (Wildman–Crippen MR) is 101 cm³/mol. The molecule has 0 bridgehead atoms. The molecule has 0 fully saturated rings. The van der Waals surface area contributed by atoms with Crippen molar-refractivity contribution < 1.29 is 9.53 Å². The van der Waals surface area contributed by atoms with Crippen LogP contribution in [0.1, 0.15) is 12.8 Å². The van der Waals surface area contributed by atoms with Gasteiger partial charge in [-0.3, -0.25) is 4.90 Å². The third kappa shape index (κ3) is 3.88. The summed E-state index contributed by atoms with van der Waals surface area (Å²) in [4.78, 5) is 14.0. The van der Waals surface area contributed by atoms with Crippen molar-refractivity contribution in [1.29, 1.82) is 0 Å². The van der Waals surface area contributed by atoms with Crippen LogP contribution in [0.2, 0.25) is 0 Å². The van der Waals surface area contributed by atoms with Gasteiger partial charge in [0.05, 0.1) is 12.5 Å². The van der Waals surface area contributed by atoms with E-state index in [1.807, 2.05) is 12.1 Å². The van der Waals surface area contributed by atoms with Crippen molar-refractivity contribution in [2.24, 2.45) is 0 Å². The van der Waals surface area contributed by atoms with Crippen LogP contribution in [0.4, 0.5) is 4.79 Å². The standard InChI is InChI=1S/C19H20NO2P.B/c1-22-19(21)20-15-9-8-14-18(20)23(16-10-4-2-5-11-16)17-12-6-3-7-13-17;/h2-7,10-14H,8-9,15H2,1H3;. The van der Waals surface area contributed by atoms with E-state index in [1.165, 1.54) is 17.7 Å². The molecule has 2 aromatic carbocycles. The van der Waals surface area contributed by atoms with E-state index in [0.717, 1.165) is 24.8 Å². The number of ether oxygens (including phenoxy) is 1. The third-order valence-corrected chi connectivity index (χ3v) is 6.35. The molecule has 1 amide bonds. The first-order valence-electron chi connectivity index (χ1n) is 7.77. The second-order valence-corrected chi connectivity index (χ2v) is 7.49. The molecule has 0 N–H and O–H groups in total. The molecule has 0 saturated heterocycles. The van der Waals surface area contributed by atoms with E-state index in [2.05, 4.69) is 54.6 Å². The van der Waals surface area contributed by atoms with Gasteiger partial charge in [0, 0.05) is 22.9 Å². The number of hydrogen-bond acceptors (Lipinski definition) is 2. The largest absolute Gasteiger partial charge is 0.452 e. The highest BCUT2D eigenvalue weighted by molar-refractivity contribution is 7.76. The van der Waals surface area contributed by atoms with Crippen molar-refractivity contribution in [3.8, 4) is 0 Å². The van der Waals surface area contributed by atoms with E-state index in [0.29, 0.717) is 0 Å². The summed E-state index contributed by atoms with van der Waals surface area (Å²) < 4.78 is 5.00. The second kappa shape index (κ2) is 8.70. The minimum absolute atomic E-state index is 0. The van der Waals surface area contributed by atoms with Crippen LogP contribution in [0.15, 0.2) is 72.2 Å². The number of hydrogen-bond donors (Lipinski definition) is 0. The Hall–Kier alpha value is -2.06. The maximum absolute atomic E-state index is 12.2. The lowest BCUT2D eigenvalue weighted by molar-refractivity contribution is 0.136. The molecular formula is C19H20BNO2P. The molecule has 24 heavy (non-hydrogen) atoms.